The van der Waals surface area contributed by atoms with Crippen LogP contribution in [0.2, 0.25) is 0 Å². The van der Waals surface area contributed by atoms with Gasteiger partial charge in [0.25, 0.3) is 0 Å². The summed E-state index contributed by atoms with van der Waals surface area (Å²) >= 11 is 0. The van der Waals surface area contributed by atoms with Crippen LogP contribution >= 0.6 is 0 Å². The fourth-order valence-electron chi connectivity index (χ4n) is 1.63. The Hall–Kier alpha value is -2.06. The number of hydrogen-bond donors (Lipinski definition) is 1. The molecule has 2 rings (SSSR count). The summed E-state index contributed by atoms with van der Waals surface area (Å²) in [5.74, 6) is -2.54. The summed E-state index contributed by atoms with van der Waals surface area (Å²) in [6, 6.07) is 4.14. The van der Waals surface area contributed by atoms with Gasteiger partial charge in [-0.05, 0) is 45.3 Å². The minimum atomic E-state index is -1.15. The summed E-state index contributed by atoms with van der Waals surface area (Å²) in [5.41, 5.74) is -2.07. The van der Waals surface area contributed by atoms with E-state index in [-0.39, 0.29) is 24.7 Å². The van der Waals surface area contributed by atoms with Gasteiger partial charge in [0, 0.05) is 12.4 Å². The second kappa shape index (κ2) is 6.82. The lowest BCUT2D eigenvalue weighted by Gasteiger charge is -2.37. The molecule has 0 spiro atoms. The van der Waals surface area contributed by atoms with E-state index < -0.39 is 22.8 Å². The van der Waals surface area contributed by atoms with E-state index in [0.29, 0.717) is 0 Å². The Morgan fingerprint density at radius 2 is 1.67 bits per heavy atom. The maximum absolute atomic E-state index is 14.2. The Bertz CT molecular complexity index is 706. The van der Waals surface area contributed by atoms with Crippen molar-refractivity contribution in [1.82, 2.24) is 9.97 Å². The fourth-order valence-corrected chi connectivity index (χ4v) is 1.63. The third-order valence-corrected chi connectivity index (χ3v) is 3.93. The topological polar surface area (TPSA) is 64.5 Å². The van der Waals surface area contributed by atoms with Gasteiger partial charge in [0.05, 0.1) is 11.2 Å². The lowest BCUT2D eigenvalue weighted by Crippen LogP contribution is -2.49. The highest BCUT2D eigenvalue weighted by Crippen LogP contribution is 2.25. The van der Waals surface area contributed by atoms with Gasteiger partial charge in [-0.15, -0.1) is 0 Å². The Morgan fingerprint density at radius 1 is 1.04 bits per heavy atom. The number of nitrogens with zero attached hydrogens (tertiary/aromatic N) is 2. The van der Waals surface area contributed by atoms with Crippen molar-refractivity contribution in [2.24, 2.45) is 0 Å². The van der Waals surface area contributed by atoms with Crippen LogP contribution in [0.1, 0.15) is 27.7 Å². The van der Waals surface area contributed by atoms with Gasteiger partial charge in [-0.3, -0.25) is 0 Å². The molecule has 0 amide bonds. The number of benzene rings is 1. The molecular formula is C16H19BF2N2O3. The average molecular weight is 336 g/mol. The van der Waals surface area contributed by atoms with Gasteiger partial charge in [-0.2, -0.15) is 4.39 Å². The largest absolute Gasteiger partial charge is 0.427 e. The molecule has 1 heterocycles. The molecule has 24 heavy (non-hydrogen) atoms. The van der Waals surface area contributed by atoms with Crippen molar-refractivity contribution in [2.45, 2.75) is 38.9 Å². The molecule has 0 radical (unpaired) electrons. The maximum Gasteiger partial charge on any atom is 0.321 e. The van der Waals surface area contributed by atoms with Crippen LogP contribution in [0.3, 0.4) is 0 Å². The molecule has 5 nitrogen and oxygen atoms in total. The zero-order chi connectivity index (χ0) is 18.0. The third-order valence-electron chi connectivity index (χ3n) is 3.93. The molecule has 8 heteroatoms. The van der Waals surface area contributed by atoms with Gasteiger partial charge in [0.15, 0.2) is 11.6 Å². The van der Waals surface area contributed by atoms with Crippen molar-refractivity contribution >= 4 is 12.9 Å². The van der Waals surface area contributed by atoms with E-state index >= 15 is 0 Å². The smallest absolute Gasteiger partial charge is 0.321 e. The maximum atomic E-state index is 14.2. The molecule has 0 aliphatic heterocycles. The first-order chi connectivity index (χ1) is 11.1. The van der Waals surface area contributed by atoms with E-state index in [4.69, 9.17) is 9.39 Å². The molecule has 0 atom stereocenters. The van der Waals surface area contributed by atoms with Gasteiger partial charge >= 0.3 is 13.5 Å². The molecule has 1 aromatic carbocycles. The Labute approximate surface area is 139 Å². The van der Waals surface area contributed by atoms with Crippen LogP contribution in [0.4, 0.5) is 8.78 Å². The molecule has 0 saturated carbocycles. The van der Waals surface area contributed by atoms with Crippen molar-refractivity contribution in [3.63, 3.8) is 0 Å². The first kappa shape index (κ1) is 18.3. The summed E-state index contributed by atoms with van der Waals surface area (Å²) in [4.78, 5) is 7.58. The molecule has 1 N–H and O–H groups in total. The molecule has 0 saturated heterocycles. The molecule has 0 unspecified atom stereocenters. The van der Waals surface area contributed by atoms with Crippen LogP contribution in [0.25, 0.3) is 0 Å². The van der Waals surface area contributed by atoms with Gasteiger partial charge in [-0.25, -0.2) is 14.4 Å². The fraction of sp³-hybridized carbons (Fsp3) is 0.375. The first-order valence-corrected chi connectivity index (χ1v) is 7.40. The molecule has 128 valence electrons. The van der Waals surface area contributed by atoms with Gasteiger partial charge in [-0.1, -0.05) is 6.07 Å². The minimum Gasteiger partial charge on any atom is -0.427 e. The average Bonchev–Trinajstić information content (AvgIpc) is 2.51. The molecule has 1 aromatic heterocycles. The van der Waals surface area contributed by atoms with Gasteiger partial charge in [0.1, 0.15) is 0 Å². The number of ether oxygens (including phenoxy) is 1. The second-order valence-electron chi connectivity index (χ2n) is 6.34. The zero-order valence-corrected chi connectivity index (χ0v) is 14.0. The Kier molecular flexibility index (Phi) is 5.20. The van der Waals surface area contributed by atoms with Crippen LogP contribution in [0, 0.1) is 11.6 Å². The Morgan fingerprint density at radius 3 is 2.25 bits per heavy atom. The van der Waals surface area contributed by atoms with Gasteiger partial charge in [0.2, 0.25) is 5.82 Å². The molecule has 0 aliphatic carbocycles. The second-order valence-corrected chi connectivity index (χ2v) is 6.34. The van der Waals surface area contributed by atoms with E-state index in [1.807, 2.05) is 0 Å². The highest BCUT2D eigenvalue weighted by Gasteiger charge is 2.36. The lowest BCUT2D eigenvalue weighted by molar-refractivity contribution is -0.0893. The van der Waals surface area contributed by atoms with E-state index in [9.17, 15) is 13.9 Å². The lowest BCUT2D eigenvalue weighted by atomic mass is 9.82. The third kappa shape index (κ3) is 4.07. The van der Waals surface area contributed by atoms with Crippen molar-refractivity contribution in [3.8, 4) is 11.8 Å². The molecular weight excluding hydrogens is 317 g/mol. The summed E-state index contributed by atoms with van der Waals surface area (Å²) < 4.78 is 39.0. The van der Waals surface area contributed by atoms with Crippen molar-refractivity contribution in [1.29, 1.82) is 0 Å². The number of rotatable bonds is 6. The number of hydrogen-bond acceptors (Lipinski definition) is 5. The van der Waals surface area contributed by atoms with Crippen molar-refractivity contribution in [2.75, 3.05) is 0 Å². The number of aromatic nitrogens is 2. The number of aliphatic hydroxyl groups is 1. The first-order valence-electron chi connectivity index (χ1n) is 7.40. The summed E-state index contributed by atoms with van der Waals surface area (Å²) in [5, 5.41) is 10.0. The monoisotopic (exact) mass is 336 g/mol. The van der Waals surface area contributed by atoms with Crippen LogP contribution < -0.4 is 10.2 Å². The molecule has 0 aliphatic rings. The van der Waals surface area contributed by atoms with E-state index in [1.54, 1.807) is 33.8 Å². The highest BCUT2D eigenvalue weighted by molar-refractivity contribution is 6.47. The Balaban J connectivity index is 2.15. The molecule has 0 bridgehead atoms. The van der Waals surface area contributed by atoms with Gasteiger partial charge < -0.3 is 14.5 Å². The predicted molar refractivity (Wildman–Crippen MR) is 86.7 cm³/mol. The summed E-state index contributed by atoms with van der Waals surface area (Å²) in [6.45, 7) is 6.51. The number of halogens is 2. The van der Waals surface area contributed by atoms with E-state index in [2.05, 4.69) is 9.97 Å². The van der Waals surface area contributed by atoms with Crippen molar-refractivity contribution < 1.29 is 23.3 Å². The quantitative estimate of drug-likeness (QED) is 0.819. The van der Waals surface area contributed by atoms with Crippen LogP contribution in [0.5, 0.6) is 11.8 Å². The summed E-state index contributed by atoms with van der Waals surface area (Å²) in [7, 11) is -0.193. The van der Waals surface area contributed by atoms with Crippen LogP contribution in [0.15, 0.2) is 30.6 Å². The molecule has 0 fully saturated rings. The molecule has 2 aromatic rings. The SMILES string of the molecule is CC(C)(O)C(C)(C)OBc1ccc(Oc2ncccn2)c(F)c1F. The standard InChI is InChI=1S/C16H19BF2N2O3/c1-15(2,22)16(3,4)24-17-10-6-7-11(13(19)12(10)18)23-14-20-8-5-9-21-14/h5-9,17,22H,1-4H3. The van der Waals surface area contributed by atoms with E-state index in [0.717, 1.165) is 0 Å². The van der Waals surface area contributed by atoms with Crippen molar-refractivity contribution in [3.05, 3.63) is 42.2 Å². The van der Waals surface area contributed by atoms with Crippen LogP contribution in [-0.4, -0.2) is 33.8 Å². The normalized spacial score (nSPS) is 12.1. The van der Waals surface area contributed by atoms with Crippen LogP contribution in [-0.2, 0) is 4.65 Å². The van der Waals surface area contributed by atoms with E-state index in [1.165, 1.54) is 24.5 Å². The predicted octanol–water partition coefficient (Wildman–Crippen LogP) is 2.09. The summed E-state index contributed by atoms with van der Waals surface area (Å²) in [6.07, 6.45) is 2.86. The minimum absolute atomic E-state index is 0.0196. The highest BCUT2D eigenvalue weighted by atomic mass is 19.2. The zero-order valence-electron chi connectivity index (χ0n) is 14.0.